The van der Waals surface area contributed by atoms with E-state index in [1.54, 1.807) is 38.5 Å². The van der Waals surface area contributed by atoms with Gasteiger partial charge in [0, 0.05) is 24.8 Å². The van der Waals surface area contributed by atoms with Crippen molar-refractivity contribution in [2.45, 2.75) is 19.4 Å². The molecule has 4 rings (SSSR count). The maximum absolute atomic E-state index is 13.0. The summed E-state index contributed by atoms with van der Waals surface area (Å²) in [6.07, 6.45) is 0.803. The number of hydrogen-bond donors (Lipinski definition) is 2. The summed E-state index contributed by atoms with van der Waals surface area (Å²) >= 11 is 0. The molecule has 0 bridgehead atoms. The highest BCUT2D eigenvalue weighted by Gasteiger charge is 2.31. The summed E-state index contributed by atoms with van der Waals surface area (Å²) in [7, 11) is 3.27. The van der Waals surface area contributed by atoms with Crippen molar-refractivity contribution >= 4 is 23.2 Å². The van der Waals surface area contributed by atoms with Crippen LogP contribution in [0, 0.1) is 0 Å². The molecule has 0 radical (unpaired) electrons. The van der Waals surface area contributed by atoms with Crippen LogP contribution in [0.25, 0.3) is 0 Å². The SMILES string of the molecule is COc1cc2c(cc1OC)C(c1ccccc1)N(CC(=O)Nc1ccc(NC(C)=O)cc1)CC2. The summed E-state index contributed by atoms with van der Waals surface area (Å²) in [5.74, 6) is 1.15. The molecule has 1 aliphatic heterocycles. The molecule has 7 nitrogen and oxygen atoms in total. The van der Waals surface area contributed by atoms with Crippen LogP contribution < -0.4 is 20.1 Å². The maximum atomic E-state index is 13.0. The average Bonchev–Trinajstić information content (AvgIpc) is 2.84. The number of nitrogens with one attached hydrogen (secondary N) is 2. The number of benzene rings is 3. The Morgan fingerprint density at radius 2 is 1.53 bits per heavy atom. The number of carbonyl (C=O) groups excluding carboxylic acids is 2. The quantitative estimate of drug-likeness (QED) is 0.552. The number of ether oxygens (including phenoxy) is 2. The molecule has 3 aromatic carbocycles. The van der Waals surface area contributed by atoms with Gasteiger partial charge >= 0.3 is 0 Å². The highest BCUT2D eigenvalue weighted by atomic mass is 16.5. The van der Waals surface area contributed by atoms with E-state index in [9.17, 15) is 9.59 Å². The Bertz CT molecular complexity index is 1160. The second-order valence-electron chi connectivity index (χ2n) is 8.25. The molecule has 0 aliphatic carbocycles. The number of anilines is 2. The summed E-state index contributed by atoms with van der Waals surface area (Å²) in [5.41, 5.74) is 4.79. The molecule has 1 heterocycles. The number of amides is 2. The zero-order valence-corrected chi connectivity index (χ0v) is 19.6. The van der Waals surface area contributed by atoms with Crippen LogP contribution in [0.3, 0.4) is 0 Å². The first-order chi connectivity index (χ1) is 16.5. The lowest BCUT2D eigenvalue weighted by Crippen LogP contribution is -2.41. The molecule has 3 aromatic rings. The summed E-state index contributed by atoms with van der Waals surface area (Å²) in [6, 6.07) is 21.3. The smallest absolute Gasteiger partial charge is 0.238 e. The predicted octanol–water partition coefficient (Wildman–Crippen LogP) is 4.25. The van der Waals surface area contributed by atoms with Gasteiger partial charge in [-0.05, 0) is 59.5 Å². The Labute approximate surface area is 199 Å². The van der Waals surface area contributed by atoms with E-state index in [1.807, 2.05) is 30.3 Å². The minimum atomic E-state index is -0.136. The fourth-order valence-electron chi connectivity index (χ4n) is 4.42. The Balaban J connectivity index is 1.57. The number of fused-ring (bicyclic) bond motifs is 1. The van der Waals surface area contributed by atoms with Crippen LogP contribution in [0.15, 0.2) is 66.7 Å². The van der Waals surface area contributed by atoms with E-state index >= 15 is 0 Å². The zero-order valence-electron chi connectivity index (χ0n) is 19.6. The van der Waals surface area contributed by atoms with Crippen LogP contribution in [0.2, 0.25) is 0 Å². The fourth-order valence-corrected chi connectivity index (χ4v) is 4.42. The fraction of sp³-hybridized carbons (Fsp3) is 0.259. The Morgan fingerprint density at radius 1 is 0.912 bits per heavy atom. The van der Waals surface area contributed by atoms with Gasteiger partial charge in [-0.15, -0.1) is 0 Å². The molecule has 0 fully saturated rings. The van der Waals surface area contributed by atoms with Gasteiger partial charge in [-0.3, -0.25) is 14.5 Å². The number of nitrogens with zero attached hydrogens (tertiary/aromatic N) is 1. The minimum absolute atomic E-state index is 0.0855. The molecule has 7 heteroatoms. The second kappa shape index (κ2) is 10.4. The van der Waals surface area contributed by atoms with Crippen LogP contribution in [-0.4, -0.2) is 44.0 Å². The molecular weight excluding hydrogens is 430 g/mol. The van der Waals surface area contributed by atoms with Gasteiger partial charge in [0.25, 0.3) is 0 Å². The normalized spacial score (nSPS) is 15.2. The number of methoxy groups -OCH3 is 2. The summed E-state index contributed by atoms with van der Waals surface area (Å²) in [4.78, 5) is 26.4. The molecule has 1 atom stereocenters. The summed E-state index contributed by atoms with van der Waals surface area (Å²) in [5, 5.41) is 5.69. The van der Waals surface area contributed by atoms with E-state index < -0.39 is 0 Å². The van der Waals surface area contributed by atoms with Crippen molar-refractivity contribution in [1.82, 2.24) is 4.90 Å². The topological polar surface area (TPSA) is 79.9 Å². The monoisotopic (exact) mass is 459 g/mol. The van der Waals surface area contributed by atoms with Crippen molar-refractivity contribution in [3.63, 3.8) is 0 Å². The van der Waals surface area contributed by atoms with Gasteiger partial charge < -0.3 is 20.1 Å². The van der Waals surface area contributed by atoms with Gasteiger partial charge in [0.2, 0.25) is 11.8 Å². The molecule has 34 heavy (non-hydrogen) atoms. The predicted molar refractivity (Wildman–Crippen MR) is 132 cm³/mol. The van der Waals surface area contributed by atoms with Crippen LogP contribution in [0.4, 0.5) is 11.4 Å². The van der Waals surface area contributed by atoms with Gasteiger partial charge in [0.05, 0.1) is 26.8 Å². The first-order valence-corrected chi connectivity index (χ1v) is 11.2. The van der Waals surface area contributed by atoms with Gasteiger partial charge in [-0.1, -0.05) is 30.3 Å². The second-order valence-corrected chi connectivity index (χ2v) is 8.25. The molecule has 1 aliphatic rings. The van der Waals surface area contributed by atoms with Crippen LogP contribution in [0.1, 0.15) is 29.7 Å². The van der Waals surface area contributed by atoms with Crippen molar-refractivity contribution in [2.24, 2.45) is 0 Å². The molecule has 0 saturated carbocycles. The maximum Gasteiger partial charge on any atom is 0.238 e. The average molecular weight is 460 g/mol. The van der Waals surface area contributed by atoms with E-state index in [0.29, 0.717) is 22.9 Å². The number of rotatable bonds is 7. The highest BCUT2D eigenvalue weighted by molar-refractivity contribution is 5.93. The van der Waals surface area contributed by atoms with Crippen molar-refractivity contribution in [1.29, 1.82) is 0 Å². The third kappa shape index (κ3) is 5.21. The van der Waals surface area contributed by atoms with E-state index in [2.05, 4.69) is 27.7 Å². The molecule has 2 amide bonds. The molecule has 2 N–H and O–H groups in total. The van der Waals surface area contributed by atoms with Gasteiger partial charge in [-0.2, -0.15) is 0 Å². The lowest BCUT2D eigenvalue weighted by Gasteiger charge is -2.37. The first kappa shape index (κ1) is 23.3. The van der Waals surface area contributed by atoms with Crippen molar-refractivity contribution in [3.05, 3.63) is 83.4 Å². The molecular formula is C27H29N3O4. The van der Waals surface area contributed by atoms with Crippen LogP contribution in [0.5, 0.6) is 11.5 Å². The Morgan fingerprint density at radius 3 is 2.15 bits per heavy atom. The van der Waals surface area contributed by atoms with Crippen molar-refractivity contribution in [2.75, 3.05) is 37.9 Å². The third-order valence-corrected chi connectivity index (χ3v) is 5.92. The molecule has 176 valence electrons. The van der Waals surface area contributed by atoms with Crippen molar-refractivity contribution < 1.29 is 19.1 Å². The highest BCUT2D eigenvalue weighted by Crippen LogP contribution is 2.40. The Hall–Kier alpha value is -3.84. The standard InChI is InChI=1S/C27H29N3O4/c1-18(31)28-21-9-11-22(12-10-21)29-26(32)17-30-14-13-20-15-24(33-2)25(34-3)16-23(20)27(30)19-7-5-4-6-8-19/h4-12,15-16,27H,13-14,17H2,1-3H3,(H,28,31)(H,29,32). The van der Waals surface area contributed by atoms with Crippen molar-refractivity contribution in [3.8, 4) is 11.5 Å². The summed E-state index contributed by atoms with van der Waals surface area (Å²) in [6.45, 7) is 2.43. The van der Waals surface area contributed by atoms with E-state index in [-0.39, 0.29) is 24.4 Å². The number of carbonyl (C=O) groups is 2. The lowest BCUT2D eigenvalue weighted by atomic mass is 9.87. The first-order valence-electron chi connectivity index (χ1n) is 11.2. The largest absolute Gasteiger partial charge is 0.493 e. The minimum Gasteiger partial charge on any atom is -0.493 e. The van der Waals surface area contributed by atoms with E-state index in [1.165, 1.54) is 12.5 Å². The van der Waals surface area contributed by atoms with E-state index in [0.717, 1.165) is 24.1 Å². The molecule has 1 unspecified atom stereocenters. The van der Waals surface area contributed by atoms with E-state index in [4.69, 9.17) is 9.47 Å². The number of hydrogen-bond acceptors (Lipinski definition) is 5. The van der Waals surface area contributed by atoms with Gasteiger partial charge in [0.15, 0.2) is 11.5 Å². The molecule has 0 saturated heterocycles. The van der Waals surface area contributed by atoms with Gasteiger partial charge in [-0.25, -0.2) is 0 Å². The molecule has 0 aromatic heterocycles. The van der Waals surface area contributed by atoms with Gasteiger partial charge in [0.1, 0.15) is 0 Å². The zero-order chi connectivity index (χ0) is 24.1. The lowest BCUT2D eigenvalue weighted by molar-refractivity contribution is -0.118. The van der Waals surface area contributed by atoms with Crippen LogP contribution >= 0.6 is 0 Å². The Kier molecular flexibility index (Phi) is 7.13. The molecule has 0 spiro atoms. The summed E-state index contributed by atoms with van der Waals surface area (Å²) < 4.78 is 11.1. The van der Waals surface area contributed by atoms with Crippen LogP contribution in [-0.2, 0) is 16.0 Å². The third-order valence-electron chi connectivity index (χ3n) is 5.92.